The molecule has 0 atom stereocenters. The van der Waals surface area contributed by atoms with Gasteiger partial charge in [0.2, 0.25) is 0 Å². The molecular formula is C10H4Cl2NO3-. The zero-order valence-electron chi connectivity index (χ0n) is 7.74. The van der Waals surface area contributed by atoms with E-state index in [1.54, 1.807) is 12.1 Å². The van der Waals surface area contributed by atoms with Gasteiger partial charge in [0.1, 0.15) is 5.69 Å². The van der Waals surface area contributed by atoms with E-state index in [1.165, 1.54) is 6.07 Å². The molecule has 0 amide bonds. The van der Waals surface area contributed by atoms with Crippen molar-refractivity contribution in [1.82, 2.24) is 4.98 Å². The lowest BCUT2D eigenvalue weighted by molar-refractivity contribution is -0.255. The average Bonchev–Trinajstić information content (AvgIpc) is 2.66. The summed E-state index contributed by atoms with van der Waals surface area (Å²) in [5.74, 6) is -1.36. The molecule has 2 rings (SSSR count). The number of carbonyl (C=O) groups is 1. The molecule has 0 saturated carbocycles. The molecular weight excluding hydrogens is 253 g/mol. The second-order valence-corrected chi connectivity index (χ2v) is 3.79. The third kappa shape index (κ3) is 1.89. The molecule has 0 saturated heterocycles. The van der Waals surface area contributed by atoms with Gasteiger partial charge in [-0.05, 0) is 18.2 Å². The summed E-state index contributed by atoms with van der Waals surface area (Å²) in [7, 11) is 0. The minimum atomic E-state index is -1.42. The number of nitrogens with zero attached hydrogens (tertiary/aromatic N) is 1. The number of hydrogen-bond donors (Lipinski definition) is 0. The van der Waals surface area contributed by atoms with Gasteiger partial charge in [-0.1, -0.05) is 23.2 Å². The molecule has 0 N–H and O–H groups in total. The number of carbonyl (C=O) groups excluding carboxylic acids is 1. The fourth-order valence-corrected chi connectivity index (χ4v) is 1.75. The Morgan fingerprint density at radius 1 is 1.38 bits per heavy atom. The van der Waals surface area contributed by atoms with E-state index >= 15 is 0 Å². The van der Waals surface area contributed by atoms with Crippen molar-refractivity contribution in [1.29, 1.82) is 0 Å². The number of aromatic nitrogens is 1. The molecule has 0 aliphatic heterocycles. The fraction of sp³-hybridized carbons (Fsp3) is 0. The third-order valence-corrected chi connectivity index (χ3v) is 2.48. The summed E-state index contributed by atoms with van der Waals surface area (Å²) in [4.78, 5) is 14.3. The lowest BCUT2D eigenvalue weighted by Crippen LogP contribution is -2.23. The van der Waals surface area contributed by atoms with Crippen LogP contribution in [0.25, 0.3) is 11.3 Å². The van der Waals surface area contributed by atoms with Crippen molar-refractivity contribution in [3.05, 3.63) is 40.3 Å². The van der Waals surface area contributed by atoms with Crippen LogP contribution in [0.15, 0.2) is 29.0 Å². The number of benzene rings is 1. The largest absolute Gasteiger partial charge is 0.543 e. The third-order valence-electron chi connectivity index (χ3n) is 1.94. The molecule has 82 valence electrons. The molecule has 0 spiro atoms. The monoisotopic (exact) mass is 256 g/mol. The SMILES string of the molecule is O=C([O-])c1ncoc1-c1ccc(Cl)cc1Cl. The van der Waals surface area contributed by atoms with E-state index in [0.29, 0.717) is 10.6 Å². The summed E-state index contributed by atoms with van der Waals surface area (Å²) in [5, 5.41) is 11.5. The van der Waals surface area contributed by atoms with E-state index in [4.69, 9.17) is 27.6 Å². The molecule has 6 heteroatoms. The first-order chi connectivity index (χ1) is 7.59. The van der Waals surface area contributed by atoms with Crippen molar-refractivity contribution in [2.75, 3.05) is 0 Å². The van der Waals surface area contributed by atoms with Gasteiger partial charge in [0.05, 0.1) is 11.0 Å². The number of rotatable bonds is 2. The van der Waals surface area contributed by atoms with Crippen molar-refractivity contribution < 1.29 is 14.3 Å². The van der Waals surface area contributed by atoms with E-state index in [2.05, 4.69) is 4.98 Å². The molecule has 0 unspecified atom stereocenters. The Labute approximate surface area is 100 Å². The standard InChI is InChI=1S/C10H5Cl2NO3/c11-5-1-2-6(7(12)3-5)9-8(10(14)15)13-4-16-9/h1-4H,(H,14,15)/p-1. The Balaban J connectivity index is 2.59. The van der Waals surface area contributed by atoms with Crippen LogP contribution in [-0.2, 0) is 0 Å². The van der Waals surface area contributed by atoms with Gasteiger partial charge in [-0.2, -0.15) is 0 Å². The van der Waals surface area contributed by atoms with Crippen LogP contribution in [0, 0.1) is 0 Å². The molecule has 0 aliphatic carbocycles. The summed E-state index contributed by atoms with van der Waals surface area (Å²) in [6.45, 7) is 0. The van der Waals surface area contributed by atoms with Gasteiger partial charge in [0, 0.05) is 10.6 Å². The van der Waals surface area contributed by atoms with Gasteiger partial charge >= 0.3 is 0 Å². The van der Waals surface area contributed by atoms with Gasteiger partial charge < -0.3 is 14.3 Å². The zero-order chi connectivity index (χ0) is 11.7. The summed E-state index contributed by atoms with van der Waals surface area (Å²) in [5.41, 5.74) is 0.118. The maximum absolute atomic E-state index is 10.7. The summed E-state index contributed by atoms with van der Waals surface area (Å²) in [6, 6.07) is 4.61. The van der Waals surface area contributed by atoms with Crippen LogP contribution in [0.4, 0.5) is 0 Å². The fourth-order valence-electron chi connectivity index (χ4n) is 1.26. The normalized spacial score (nSPS) is 10.4. The first-order valence-electron chi connectivity index (χ1n) is 4.20. The van der Waals surface area contributed by atoms with Crippen molar-refractivity contribution in [2.45, 2.75) is 0 Å². The highest BCUT2D eigenvalue weighted by atomic mass is 35.5. The Kier molecular flexibility index (Phi) is 2.85. The lowest BCUT2D eigenvalue weighted by Gasteiger charge is -2.04. The van der Waals surface area contributed by atoms with Crippen LogP contribution in [0.3, 0.4) is 0 Å². The van der Waals surface area contributed by atoms with Gasteiger partial charge in [-0.25, -0.2) is 4.98 Å². The lowest BCUT2D eigenvalue weighted by atomic mass is 10.1. The van der Waals surface area contributed by atoms with E-state index in [1.807, 2.05) is 0 Å². The van der Waals surface area contributed by atoms with Crippen molar-refractivity contribution in [3.8, 4) is 11.3 Å². The van der Waals surface area contributed by atoms with Crippen LogP contribution >= 0.6 is 23.2 Å². The van der Waals surface area contributed by atoms with Gasteiger partial charge in [-0.15, -0.1) is 0 Å². The molecule has 1 aromatic heterocycles. The van der Waals surface area contributed by atoms with Crippen LogP contribution in [0.1, 0.15) is 10.5 Å². The predicted octanol–water partition coefficient (Wildman–Crippen LogP) is 2.01. The number of carboxylic acid groups (broad SMARTS) is 1. The topological polar surface area (TPSA) is 66.2 Å². The summed E-state index contributed by atoms with van der Waals surface area (Å²) in [6.07, 6.45) is 1.02. The smallest absolute Gasteiger partial charge is 0.182 e. The molecule has 16 heavy (non-hydrogen) atoms. The molecule has 1 heterocycles. The molecule has 0 aliphatic rings. The van der Waals surface area contributed by atoms with E-state index in [-0.39, 0.29) is 16.5 Å². The van der Waals surface area contributed by atoms with Crippen LogP contribution in [0.2, 0.25) is 10.0 Å². The van der Waals surface area contributed by atoms with Gasteiger partial charge in [-0.3, -0.25) is 0 Å². The summed E-state index contributed by atoms with van der Waals surface area (Å²) < 4.78 is 4.97. The minimum absolute atomic E-state index is 0.0571. The van der Waals surface area contributed by atoms with E-state index in [0.717, 1.165) is 6.39 Å². The second-order valence-electron chi connectivity index (χ2n) is 2.94. The molecule has 1 aromatic carbocycles. The maximum atomic E-state index is 10.7. The average molecular weight is 257 g/mol. The van der Waals surface area contributed by atoms with Crippen LogP contribution < -0.4 is 5.11 Å². The highest BCUT2D eigenvalue weighted by Crippen LogP contribution is 2.31. The second kappa shape index (κ2) is 4.15. The zero-order valence-corrected chi connectivity index (χ0v) is 9.25. The number of halogens is 2. The van der Waals surface area contributed by atoms with Crippen LogP contribution in [-0.4, -0.2) is 11.0 Å². The minimum Gasteiger partial charge on any atom is -0.543 e. The maximum Gasteiger partial charge on any atom is 0.182 e. The number of aromatic carboxylic acids is 1. The quantitative estimate of drug-likeness (QED) is 0.825. The Morgan fingerprint density at radius 3 is 2.75 bits per heavy atom. The number of hydrogen-bond acceptors (Lipinski definition) is 4. The molecule has 0 radical (unpaired) electrons. The first-order valence-corrected chi connectivity index (χ1v) is 4.95. The van der Waals surface area contributed by atoms with Crippen molar-refractivity contribution >= 4 is 29.2 Å². The molecule has 2 aromatic rings. The highest BCUT2D eigenvalue weighted by molar-refractivity contribution is 6.36. The Hall–Kier alpha value is -1.52. The van der Waals surface area contributed by atoms with E-state index in [9.17, 15) is 9.90 Å². The highest BCUT2D eigenvalue weighted by Gasteiger charge is 2.14. The number of carboxylic acids is 1. The molecule has 4 nitrogen and oxygen atoms in total. The van der Waals surface area contributed by atoms with Gasteiger partial charge in [0.15, 0.2) is 12.2 Å². The Morgan fingerprint density at radius 2 is 2.12 bits per heavy atom. The summed E-state index contributed by atoms with van der Waals surface area (Å²) >= 11 is 11.6. The molecule has 0 bridgehead atoms. The number of oxazole rings is 1. The Bertz CT molecular complexity index is 551. The van der Waals surface area contributed by atoms with Gasteiger partial charge in [0.25, 0.3) is 0 Å². The van der Waals surface area contributed by atoms with Crippen molar-refractivity contribution in [3.63, 3.8) is 0 Å². The molecule has 0 fully saturated rings. The van der Waals surface area contributed by atoms with E-state index < -0.39 is 5.97 Å². The van der Waals surface area contributed by atoms with Crippen LogP contribution in [0.5, 0.6) is 0 Å². The first kappa shape index (κ1) is 11.0. The predicted molar refractivity (Wildman–Crippen MR) is 56.3 cm³/mol. The van der Waals surface area contributed by atoms with Crippen molar-refractivity contribution in [2.24, 2.45) is 0 Å².